The Kier molecular flexibility index (Phi) is 3.81. The molecule has 0 fully saturated rings. The highest BCUT2D eigenvalue weighted by Crippen LogP contribution is 2.13. The molecule has 5 nitrogen and oxygen atoms in total. The molecule has 1 amide bonds. The van der Waals surface area contributed by atoms with Crippen LogP contribution in [0.15, 0.2) is 18.2 Å². The quantitative estimate of drug-likeness (QED) is 0.861. The fourth-order valence-corrected chi connectivity index (χ4v) is 1.67. The van der Waals surface area contributed by atoms with Crippen molar-refractivity contribution in [1.29, 1.82) is 5.26 Å². The van der Waals surface area contributed by atoms with Crippen molar-refractivity contribution in [2.75, 3.05) is 17.3 Å². The Labute approximate surface area is 97.8 Å². The van der Waals surface area contributed by atoms with E-state index in [1.807, 2.05) is 0 Å². The average molecular weight is 256 g/mol. The van der Waals surface area contributed by atoms with E-state index >= 15 is 0 Å². The van der Waals surface area contributed by atoms with Gasteiger partial charge in [-0.15, -0.1) is 0 Å². The van der Waals surface area contributed by atoms with Crippen LogP contribution in [0.3, 0.4) is 0 Å². The van der Waals surface area contributed by atoms with Crippen LogP contribution in [-0.4, -0.2) is 26.3 Å². The summed E-state index contributed by atoms with van der Waals surface area (Å²) < 4.78 is 34.6. The molecule has 0 unspecified atom stereocenters. The molecule has 0 aromatic heterocycles. The minimum atomic E-state index is -3.42. The van der Waals surface area contributed by atoms with Gasteiger partial charge in [0.15, 0.2) is 9.84 Å². The molecule has 1 aromatic rings. The van der Waals surface area contributed by atoms with Crippen molar-refractivity contribution in [2.24, 2.45) is 0 Å². The number of nitrogens with one attached hydrogen (secondary N) is 1. The number of sulfone groups is 1. The lowest BCUT2D eigenvalue weighted by atomic mass is 10.2. The predicted molar refractivity (Wildman–Crippen MR) is 59.5 cm³/mol. The van der Waals surface area contributed by atoms with Crippen LogP contribution in [0.4, 0.5) is 10.1 Å². The first-order valence-electron chi connectivity index (χ1n) is 4.49. The fraction of sp³-hybridized carbons (Fsp3) is 0.200. The van der Waals surface area contributed by atoms with E-state index in [4.69, 9.17) is 5.26 Å². The number of hydrogen-bond donors (Lipinski definition) is 1. The number of rotatable bonds is 3. The lowest BCUT2D eigenvalue weighted by molar-refractivity contribution is -0.113. The van der Waals surface area contributed by atoms with E-state index in [1.54, 1.807) is 6.07 Å². The molecule has 17 heavy (non-hydrogen) atoms. The van der Waals surface area contributed by atoms with E-state index in [0.717, 1.165) is 18.4 Å². The number of hydrogen-bond acceptors (Lipinski definition) is 4. The van der Waals surface area contributed by atoms with Crippen LogP contribution in [-0.2, 0) is 14.6 Å². The number of halogens is 1. The SMILES string of the molecule is CS(=O)(=O)CC(=O)Nc1ccc(F)c(C#N)c1. The number of carbonyl (C=O) groups is 1. The molecule has 90 valence electrons. The van der Waals surface area contributed by atoms with E-state index in [9.17, 15) is 17.6 Å². The number of nitrogens with zero attached hydrogens (tertiary/aromatic N) is 1. The van der Waals surface area contributed by atoms with Crippen LogP contribution in [0.2, 0.25) is 0 Å². The van der Waals surface area contributed by atoms with Crippen molar-refractivity contribution >= 4 is 21.4 Å². The highest BCUT2D eigenvalue weighted by atomic mass is 32.2. The summed E-state index contributed by atoms with van der Waals surface area (Å²) in [5, 5.41) is 10.8. The third-order valence-electron chi connectivity index (χ3n) is 1.76. The molecule has 0 saturated heterocycles. The summed E-state index contributed by atoms with van der Waals surface area (Å²) in [6.07, 6.45) is 0.929. The second kappa shape index (κ2) is 4.93. The van der Waals surface area contributed by atoms with Crippen molar-refractivity contribution in [3.63, 3.8) is 0 Å². The van der Waals surface area contributed by atoms with E-state index in [0.29, 0.717) is 0 Å². The van der Waals surface area contributed by atoms with E-state index < -0.39 is 27.3 Å². The number of carbonyl (C=O) groups excluding carboxylic acids is 1. The maximum atomic E-state index is 12.9. The summed E-state index contributed by atoms with van der Waals surface area (Å²) in [5.74, 6) is -2.09. The third kappa shape index (κ3) is 4.20. The van der Waals surface area contributed by atoms with Gasteiger partial charge in [-0.1, -0.05) is 0 Å². The second-order valence-corrected chi connectivity index (χ2v) is 5.56. The van der Waals surface area contributed by atoms with Crippen LogP contribution in [0, 0.1) is 17.1 Å². The molecule has 1 N–H and O–H groups in total. The Morgan fingerprint density at radius 2 is 2.18 bits per heavy atom. The molecule has 7 heteroatoms. The number of anilines is 1. The summed E-state index contributed by atoms with van der Waals surface area (Å²) in [7, 11) is -3.42. The first kappa shape index (κ1) is 13.1. The van der Waals surface area contributed by atoms with Gasteiger partial charge in [0.25, 0.3) is 0 Å². The van der Waals surface area contributed by atoms with Crippen molar-refractivity contribution in [1.82, 2.24) is 0 Å². The molecule has 1 aromatic carbocycles. The monoisotopic (exact) mass is 256 g/mol. The molecular weight excluding hydrogens is 247 g/mol. The molecule has 0 spiro atoms. The predicted octanol–water partition coefficient (Wildman–Crippen LogP) is 0.680. The van der Waals surface area contributed by atoms with Crippen LogP contribution < -0.4 is 5.32 Å². The standard InChI is InChI=1S/C10H9FN2O3S/c1-17(15,16)6-10(14)13-8-2-3-9(11)7(4-8)5-12/h2-4H,6H2,1H3,(H,13,14). The fourth-order valence-electron chi connectivity index (χ4n) is 1.12. The van der Waals surface area contributed by atoms with Gasteiger partial charge >= 0.3 is 0 Å². The zero-order valence-corrected chi connectivity index (χ0v) is 9.71. The van der Waals surface area contributed by atoms with E-state index in [2.05, 4.69) is 5.32 Å². The first-order chi connectivity index (χ1) is 7.81. The van der Waals surface area contributed by atoms with Gasteiger partial charge in [-0.2, -0.15) is 5.26 Å². The van der Waals surface area contributed by atoms with Gasteiger partial charge in [-0.25, -0.2) is 12.8 Å². The highest BCUT2D eigenvalue weighted by molar-refractivity contribution is 7.91. The Morgan fingerprint density at radius 3 is 2.71 bits per heavy atom. The summed E-state index contributed by atoms with van der Waals surface area (Å²) in [4.78, 5) is 11.2. The molecule has 0 aliphatic carbocycles. The van der Waals surface area contributed by atoms with Gasteiger partial charge in [0, 0.05) is 11.9 Å². The molecular formula is C10H9FN2O3S. The maximum Gasteiger partial charge on any atom is 0.239 e. The summed E-state index contributed by atoms with van der Waals surface area (Å²) >= 11 is 0. The lowest BCUT2D eigenvalue weighted by Crippen LogP contribution is -2.21. The number of benzene rings is 1. The van der Waals surface area contributed by atoms with Crippen molar-refractivity contribution in [3.8, 4) is 6.07 Å². The Balaban J connectivity index is 2.83. The van der Waals surface area contributed by atoms with E-state index in [1.165, 1.54) is 6.07 Å². The second-order valence-electron chi connectivity index (χ2n) is 3.42. The first-order valence-corrected chi connectivity index (χ1v) is 6.55. The third-order valence-corrected chi connectivity index (χ3v) is 2.55. The van der Waals surface area contributed by atoms with Gasteiger partial charge in [0.2, 0.25) is 5.91 Å². The van der Waals surface area contributed by atoms with Gasteiger partial charge in [0.05, 0.1) is 5.56 Å². The summed E-state index contributed by atoms with van der Waals surface area (Å²) in [6.45, 7) is 0. The zero-order chi connectivity index (χ0) is 13.1. The van der Waals surface area contributed by atoms with Crippen LogP contribution in [0.25, 0.3) is 0 Å². The average Bonchev–Trinajstić information content (AvgIpc) is 2.18. The molecule has 0 saturated carbocycles. The molecule has 0 radical (unpaired) electrons. The van der Waals surface area contributed by atoms with Gasteiger partial charge in [-0.3, -0.25) is 4.79 Å². The minimum Gasteiger partial charge on any atom is -0.325 e. The normalized spacial score (nSPS) is 10.6. The molecule has 0 atom stereocenters. The Morgan fingerprint density at radius 1 is 1.53 bits per heavy atom. The van der Waals surface area contributed by atoms with Crippen LogP contribution in [0.5, 0.6) is 0 Å². The summed E-state index contributed by atoms with van der Waals surface area (Å²) in [5.41, 5.74) is -0.0428. The molecule has 0 heterocycles. The number of nitriles is 1. The lowest BCUT2D eigenvalue weighted by Gasteiger charge is -2.04. The van der Waals surface area contributed by atoms with Crippen LogP contribution in [0.1, 0.15) is 5.56 Å². The summed E-state index contributed by atoms with van der Waals surface area (Å²) in [6, 6.07) is 5.02. The zero-order valence-electron chi connectivity index (χ0n) is 8.90. The van der Waals surface area contributed by atoms with Gasteiger partial charge in [0.1, 0.15) is 17.6 Å². The van der Waals surface area contributed by atoms with Gasteiger partial charge < -0.3 is 5.32 Å². The largest absolute Gasteiger partial charge is 0.325 e. The van der Waals surface area contributed by atoms with Crippen molar-refractivity contribution < 1.29 is 17.6 Å². The van der Waals surface area contributed by atoms with Gasteiger partial charge in [-0.05, 0) is 18.2 Å². The van der Waals surface area contributed by atoms with Crippen molar-refractivity contribution in [2.45, 2.75) is 0 Å². The number of amides is 1. The smallest absolute Gasteiger partial charge is 0.239 e. The molecule has 0 bridgehead atoms. The van der Waals surface area contributed by atoms with Crippen LogP contribution >= 0.6 is 0 Å². The van der Waals surface area contributed by atoms with E-state index in [-0.39, 0.29) is 11.3 Å². The Bertz CT molecular complexity index is 590. The highest BCUT2D eigenvalue weighted by Gasteiger charge is 2.11. The van der Waals surface area contributed by atoms with Crippen molar-refractivity contribution in [3.05, 3.63) is 29.6 Å². The maximum absolute atomic E-state index is 12.9. The molecule has 0 aliphatic heterocycles. The topological polar surface area (TPSA) is 87.0 Å². The Hall–Kier alpha value is -1.94. The minimum absolute atomic E-state index is 0.177. The molecule has 1 rings (SSSR count). The molecule has 0 aliphatic rings.